The zero-order valence-electron chi connectivity index (χ0n) is 7.34. The lowest BCUT2D eigenvalue weighted by molar-refractivity contribution is -0.134. The van der Waals surface area contributed by atoms with Gasteiger partial charge in [0.2, 0.25) is 5.91 Å². The summed E-state index contributed by atoms with van der Waals surface area (Å²) >= 11 is 0. The van der Waals surface area contributed by atoms with Crippen molar-refractivity contribution in [3.63, 3.8) is 0 Å². The Balaban J connectivity index is -0.0000000965. The van der Waals surface area contributed by atoms with Gasteiger partial charge >= 0.3 is 0 Å². The molecular formula is C6H16N2O3. The topological polar surface area (TPSA) is 92.4 Å². The molecule has 68 valence electrons. The van der Waals surface area contributed by atoms with E-state index in [-0.39, 0.29) is 5.91 Å². The Labute approximate surface area is 66.6 Å². The van der Waals surface area contributed by atoms with Gasteiger partial charge in [0, 0.05) is 20.9 Å². The summed E-state index contributed by atoms with van der Waals surface area (Å²) in [7, 11) is 3.10. The van der Waals surface area contributed by atoms with Gasteiger partial charge < -0.3 is 16.2 Å². The molecule has 0 aromatic heterocycles. The number of hydrogen-bond donors (Lipinski definition) is 3. The van der Waals surface area contributed by atoms with E-state index in [4.69, 9.17) is 9.90 Å². The van der Waals surface area contributed by atoms with Gasteiger partial charge in [-0.3, -0.25) is 9.59 Å². The predicted molar refractivity (Wildman–Crippen MR) is 43.2 cm³/mol. The molecule has 0 aliphatic heterocycles. The average Bonchev–Trinajstić information content (AvgIpc) is 1.91. The van der Waals surface area contributed by atoms with Crippen molar-refractivity contribution in [1.29, 1.82) is 0 Å². The first-order valence-electron chi connectivity index (χ1n) is 2.96. The van der Waals surface area contributed by atoms with Crippen LogP contribution >= 0.6 is 0 Å². The molecule has 0 aromatic carbocycles. The first-order valence-corrected chi connectivity index (χ1v) is 2.96. The Kier molecular flexibility index (Phi) is 23.9. The number of amides is 1. The van der Waals surface area contributed by atoms with Crippen LogP contribution in [-0.2, 0) is 9.59 Å². The van der Waals surface area contributed by atoms with Crippen LogP contribution in [0.4, 0.5) is 0 Å². The smallest absolute Gasteiger partial charge is 0.300 e. The van der Waals surface area contributed by atoms with E-state index < -0.39 is 5.97 Å². The zero-order valence-corrected chi connectivity index (χ0v) is 7.34. The van der Waals surface area contributed by atoms with Crippen LogP contribution < -0.4 is 11.1 Å². The van der Waals surface area contributed by atoms with Crippen LogP contribution in [0.15, 0.2) is 0 Å². The number of carboxylic acids is 1. The van der Waals surface area contributed by atoms with Crippen molar-refractivity contribution in [1.82, 2.24) is 5.32 Å². The summed E-state index contributed by atoms with van der Waals surface area (Å²) in [5, 5.41) is 9.81. The van der Waals surface area contributed by atoms with Crippen molar-refractivity contribution in [2.45, 2.75) is 13.8 Å². The van der Waals surface area contributed by atoms with Gasteiger partial charge in [-0.2, -0.15) is 0 Å². The molecule has 0 aliphatic rings. The fraction of sp³-hybridized carbons (Fsp3) is 0.667. The highest BCUT2D eigenvalue weighted by molar-refractivity contribution is 5.72. The van der Waals surface area contributed by atoms with Crippen molar-refractivity contribution in [2.24, 2.45) is 5.73 Å². The van der Waals surface area contributed by atoms with Crippen LogP contribution in [0.3, 0.4) is 0 Å². The van der Waals surface area contributed by atoms with Crippen LogP contribution in [0.2, 0.25) is 0 Å². The van der Waals surface area contributed by atoms with Gasteiger partial charge in [-0.05, 0) is 7.05 Å². The van der Waals surface area contributed by atoms with E-state index in [1.807, 2.05) is 0 Å². The molecule has 0 fully saturated rings. The van der Waals surface area contributed by atoms with Gasteiger partial charge in [0.15, 0.2) is 0 Å². The fourth-order valence-electron chi connectivity index (χ4n) is 0. The van der Waals surface area contributed by atoms with Crippen molar-refractivity contribution < 1.29 is 14.7 Å². The number of carbonyl (C=O) groups is 2. The largest absolute Gasteiger partial charge is 0.481 e. The summed E-state index contributed by atoms with van der Waals surface area (Å²) in [6.07, 6.45) is 0. The molecule has 0 bridgehead atoms. The summed E-state index contributed by atoms with van der Waals surface area (Å²) in [6.45, 7) is 2.56. The lowest BCUT2D eigenvalue weighted by atomic mass is 10.7. The molecule has 4 N–H and O–H groups in total. The maximum Gasteiger partial charge on any atom is 0.300 e. The SMILES string of the molecule is CC(=O)O.CN.CNC(C)=O. The van der Waals surface area contributed by atoms with Crippen LogP contribution in [0.25, 0.3) is 0 Å². The molecule has 0 unspecified atom stereocenters. The van der Waals surface area contributed by atoms with E-state index in [0.29, 0.717) is 0 Å². The monoisotopic (exact) mass is 164 g/mol. The Morgan fingerprint density at radius 3 is 1.36 bits per heavy atom. The average molecular weight is 164 g/mol. The Morgan fingerprint density at radius 1 is 1.27 bits per heavy atom. The summed E-state index contributed by atoms with van der Waals surface area (Å²) < 4.78 is 0. The van der Waals surface area contributed by atoms with Crippen LogP contribution in [0.5, 0.6) is 0 Å². The number of hydrogen-bond acceptors (Lipinski definition) is 3. The van der Waals surface area contributed by atoms with Gasteiger partial charge in [-0.1, -0.05) is 0 Å². The summed E-state index contributed by atoms with van der Waals surface area (Å²) in [5.41, 5.74) is 4.50. The quantitative estimate of drug-likeness (QED) is 0.446. The molecule has 11 heavy (non-hydrogen) atoms. The molecule has 0 rings (SSSR count). The van der Waals surface area contributed by atoms with Crippen molar-refractivity contribution in [3.05, 3.63) is 0 Å². The highest BCUT2D eigenvalue weighted by atomic mass is 16.4. The van der Waals surface area contributed by atoms with Gasteiger partial charge in [0.1, 0.15) is 0 Å². The van der Waals surface area contributed by atoms with Crippen LogP contribution in [-0.4, -0.2) is 31.1 Å². The van der Waals surface area contributed by atoms with Crippen molar-refractivity contribution in [3.8, 4) is 0 Å². The lowest BCUT2D eigenvalue weighted by Gasteiger charge is -1.80. The standard InChI is InChI=1S/C3H7NO.C2H4O2.CH5N/c1-3(5)4-2;1-2(3)4;1-2/h1-2H3,(H,4,5);1H3,(H,3,4);2H2,1H3. The molecule has 5 heteroatoms. The van der Waals surface area contributed by atoms with E-state index in [0.717, 1.165) is 6.92 Å². The summed E-state index contributed by atoms with van der Waals surface area (Å²) in [4.78, 5) is 18.7. The molecule has 0 aliphatic carbocycles. The highest BCUT2D eigenvalue weighted by Crippen LogP contribution is 1.45. The first kappa shape index (κ1) is 16.5. The van der Waals surface area contributed by atoms with Gasteiger partial charge in [0.05, 0.1) is 0 Å². The third-order valence-electron chi connectivity index (χ3n) is 0.352. The van der Waals surface area contributed by atoms with Crippen molar-refractivity contribution >= 4 is 11.9 Å². The Morgan fingerprint density at radius 2 is 1.36 bits per heavy atom. The molecule has 0 aromatic rings. The second kappa shape index (κ2) is 16.0. The number of nitrogens with one attached hydrogen (secondary N) is 1. The number of rotatable bonds is 0. The molecule has 0 saturated carbocycles. The molecule has 0 radical (unpaired) electrons. The summed E-state index contributed by atoms with van der Waals surface area (Å²) in [5.74, 6) is -0.829. The predicted octanol–water partition coefficient (Wildman–Crippen LogP) is -0.582. The molecule has 1 amide bonds. The number of carboxylic acid groups (broad SMARTS) is 1. The van der Waals surface area contributed by atoms with Crippen LogP contribution in [0.1, 0.15) is 13.8 Å². The van der Waals surface area contributed by atoms with Gasteiger partial charge in [-0.15, -0.1) is 0 Å². The zero-order chi connectivity index (χ0) is 9.86. The molecule has 0 atom stereocenters. The number of nitrogens with two attached hydrogens (primary N) is 1. The maximum atomic E-state index is 9.70. The van der Waals surface area contributed by atoms with E-state index in [9.17, 15) is 4.79 Å². The van der Waals surface area contributed by atoms with Gasteiger partial charge in [0.25, 0.3) is 5.97 Å². The molecule has 0 saturated heterocycles. The minimum atomic E-state index is -0.833. The number of aliphatic carboxylic acids is 1. The normalized spacial score (nSPS) is 5.91. The van der Waals surface area contributed by atoms with E-state index in [2.05, 4.69) is 11.1 Å². The van der Waals surface area contributed by atoms with Gasteiger partial charge in [-0.25, -0.2) is 0 Å². The number of carbonyl (C=O) groups excluding carboxylic acids is 1. The van der Waals surface area contributed by atoms with E-state index in [1.165, 1.54) is 14.0 Å². The Hall–Kier alpha value is -1.10. The third kappa shape index (κ3) is 523. The summed E-state index contributed by atoms with van der Waals surface area (Å²) in [6, 6.07) is 0. The molecule has 0 spiro atoms. The second-order valence-electron chi connectivity index (χ2n) is 1.33. The third-order valence-corrected chi connectivity index (χ3v) is 0.352. The molecule has 0 heterocycles. The first-order chi connectivity index (χ1) is 5.00. The highest BCUT2D eigenvalue weighted by Gasteiger charge is 1.72. The maximum absolute atomic E-state index is 9.70. The minimum absolute atomic E-state index is 0.00463. The molecular weight excluding hydrogens is 148 g/mol. The fourth-order valence-corrected chi connectivity index (χ4v) is 0. The van der Waals surface area contributed by atoms with E-state index >= 15 is 0 Å². The van der Waals surface area contributed by atoms with Crippen LogP contribution in [0, 0.1) is 0 Å². The lowest BCUT2D eigenvalue weighted by Crippen LogP contribution is -2.11. The minimum Gasteiger partial charge on any atom is -0.481 e. The van der Waals surface area contributed by atoms with Crippen molar-refractivity contribution in [2.75, 3.05) is 14.1 Å². The van der Waals surface area contributed by atoms with E-state index in [1.54, 1.807) is 7.05 Å². The molecule has 5 nitrogen and oxygen atoms in total. The Bertz CT molecular complexity index is 100. The second-order valence-corrected chi connectivity index (χ2v) is 1.33.